The summed E-state index contributed by atoms with van der Waals surface area (Å²) in [6.45, 7) is 1.11. The molecule has 0 radical (unpaired) electrons. The molecular weight excluding hydrogens is 314 g/mol. The van der Waals surface area contributed by atoms with Crippen LogP contribution in [-0.2, 0) is 0 Å². The van der Waals surface area contributed by atoms with Crippen molar-refractivity contribution >= 4 is 16.5 Å². The molecule has 1 atom stereocenters. The highest BCUT2D eigenvalue weighted by atomic mass is 16.5. The van der Waals surface area contributed by atoms with Gasteiger partial charge in [-0.2, -0.15) is 0 Å². The quantitative estimate of drug-likeness (QED) is 0.663. The first kappa shape index (κ1) is 17.3. The van der Waals surface area contributed by atoms with E-state index in [1.807, 2.05) is 71.6 Å². The van der Waals surface area contributed by atoms with Gasteiger partial charge in [-0.15, -0.1) is 0 Å². The third kappa shape index (κ3) is 4.72. The minimum absolute atomic E-state index is 0.0349. The van der Waals surface area contributed by atoms with E-state index >= 15 is 0 Å². The maximum atomic E-state index is 10.3. The Morgan fingerprint density at radius 1 is 0.880 bits per heavy atom. The summed E-state index contributed by atoms with van der Waals surface area (Å²) in [5.41, 5.74) is 0.973. The van der Waals surface area contributed by atoms with Crippen molar-refractivity contribution < 1.29 is 14.9 Å². The van der Waals surface area contributed by atoms with E-state index in [0.29, 0.717) is 13.1 Å². The largest absolute Gasteiger partial charge is 0.491 e. The van der Waals surface area contributed by atoms with Crippen LogP contribution in [0.2, 0.25) is 0 Å². The minimum atomic E-state index is -0.654. The van der Waals surface area contributed by atoms with Crippen LogP contribution in [0.3, 0.4) is 0 Å². The van der Waals surface area contributed by atoms with Crippen LogP contribution in [0.15, 0.2) is 72.8 Å². The highest BCUT2D eigenvalue weighted by Gasteiger charge is 2.13. The van der Waals surface area contributed by atoms with E-state index in [1.54, 1.807) is 0 Å². The van der Waals surface area contributed by atoms with Crippen molar-refractivity contribution in [1.82, 2.24) is 0 Å². The van der Waals surface area contributed by atoms with Gasteiger partial charge in [-0.05, 0) is 35.0 Å². The van der Waals surface area contributed by atoms with E-state index in [4.69, 9.17) is 4.74 Å². The topological polar surface area (TPSA) is 52.9 Å². The summed E-state index contributed by atoms with van der Waals surface area (Å²) in [7, 11) is 0. The number of nitrogens with zero attached hydrogens (tertiary/aromatic N) is 1. The van der Waals surface area contributed by atoms with Crippen LogP contribution in [0.4, 0.5) is 5.69 Å². The Kier molecular flexibility index (Phi) is 5.88. The van der Waals surface area contributed by atoms with E-state index in [-0.39, 0.29) is 13.2 Å². The summed E-state index contributed by atoms with van der Waals surface area (Å²) in [6, 6.07) is 23.8. The molecule has 0 amide bonds. The second-order valence-corrected chi connectivity index (χ2v) is 5.98. The number of hydrogen-bond acceptors (Lipinski definition) is 4. The molecular formula is C21H23NO3. The molecule has 25 heavy (non-hydrogen) atoms. The van der Waals surface area contributed by atoms with Gasteiger partial charge in [-0.1, -0.05) is 48.5 Å². The molecule has 2 N–H and O–H groups in total. The smallest absolute Gasteiger partial charge is 0.120 e. The number of hydrogen-bond donors (Lipinski definition) is 2. The highest BCUT2D eigenvalue weighted by Crippen LogP contribution is 2.21. The predicted octanol–water partition coefficient (Wildman–Crippen LogP) is 3.08. The van der Waals surface area contributed by atoms with E-state index in [0.717, 1.165) is 22.2 Å². The normalized spacial score (nSPS) is 12.1. The first-order chi connectivity index (χ1) is 12.3. The number of aliphatic hydroxyl groups is 2. The molecule has 0 aliphatic carbocycles. The Hall–Kier alpha value is -2.56. The standard InChI is InChI=1S/C21H23NO3/c23-13-12-22(19-8-2-1-3-9-19)15-20(24)16-25-21-11-10-17-6-4-5-7-18(17)14-21/h1-11,14,20,23-24H,12-13,15-16H2. The zero-order valence-electron chi connectivity index (χ0n) is 14.1. The van der Waals surface area contributed by atoms with Gasteiger partial charge in [0.1, 0.15) is 18.5 Å². The third-order valence-electron chi connectivity index (χ3n) is 4.09. The fraction of sp³-hybridized carbons (Fsp3) is 0.238. The van der Waals surface area contributed by atoms with Crippen molar-refractivity contribution in [2.45, 2.75) is 6.10 Å². The van der Waals surface area contributed by atoms with Crippen LogP contribution >= 0.6 is 0 Å². The summed E-state index contributed by atoms with van der Waals surface area (Å²) in [5, 5.41) is 21.9. The average molecular weight is 337 g/mol. The molecule has 0 saturated heterocycles. The zero-order valence-corrected chi connectivity index (χ0v) is 14.1. The molecule has 3 aromatic rings. The van der Waals surface area contributed by atoms with Crippen molar-refractivity contribution in [3.63, 3.8) is 0 Å². The molecule has 0 bridgehead atoms. The average Bonchev–Trinajstić information content (AvgIpc) is 2.66. The number of anilines is 1. The van der Waals surface area contributed by atoms with Gasteiger partial charge < -0.3 is 19.8 Å². The van der Waals surface area contributed by atoms with Gasteiger partial charge in [0.15, 0.2) is 0 Å². The molecule has 0 aliphatic heterocycles. The van der Waals surface area contributed by atoms with Crippen molar-refractivity contribution in [2.24, 2.45) is 0 Å². The molecule has 3 rings (SSSR count). The van der Waals surface area contributed by atoms with Gasteiger partial charge >= 0.3 is 0 Å². The first-order valence-electron chi connectivity index (χ1n) is 8.47. The Bertz CT molecular complexity index is 791. The second-order valence-electron chi connectivity index (χ2n) is 5.98. The van der Waals surface area contributed by atoms with E-state index in [1.165, 1.54) is 0 Å². The molecule has 1 unspecified atom stereocenters. The van der Waals surface area contributed by atoms with Crippen LogP contribution in [0.1, 0.15) is 0 Å². The number of aliphatic hydroxyl groups excluding tert-OH is 2. The van der Waals surface area contributed by atoms with Crippen molar-refractivity contribution in [3.8, 4) is 5.75 Å². The molecule has 0 spiro atoms. The Balaban J connectivity index is 1.59. The maximum absolute atomic E-state index is 10.3. The first-order valence-corrected chi connectivity index (χ1v) is 8.47. The summed E-state index contributed by atoms with van der Waals surface area (Å²) >= 11 is 0. The summed E-state index contributed by atoms with van der Waals surface area (Å²) in [5.74, 6) is 0.742. The van der Waals surface area contributed by atoms with Gasteiger partial charge in [0, 0.05) is 18.8 Å². The van der Waals surface area contributed by atoms with Crippen LogP contribution in [0, 0.1) is 0 Å². The van der Waals surface area contributed by atoms with Gasteiger partial charge in [-0.25, -0.2) is 0 Å². The van der Waals surface area contributed by atoms with E-state index < -0.39 is 6.10 Å². The molecule has 0 heterocycles. The molecule has 130 valence electrons. The lowest BCUT2D eigenvalue weighted by molar-refractivity contribution is 0.111. The molecule has 4 nitrogen and oxygen atoms in total. The fourth-order valence-electron chi connectivity index (χ4n) is 2.84. The van der Waals surface area contributed by atoms with Crippen molar-refractivity contribution in [2.75, 3.05) is 31.2 Å². The van der Waals surface area contributed by atoms with Gasteiger partial charge in [0.2, 0.25) is 0 Å². The highest BCUT2D eigenvalue weighted by molar-refractivity contribution is 5.83. The van der Waals surface area contributed by atoms with E-state index in [2.05, 4.69) is 6.07 Å². The lowest BCUT2D eigenvalue weighted by Gasteiger charge is -2.26. The molecule has 4 heteroatoms. The van der Waals surface area contributed by atoms with Crippen LogP contribution in [-0.4, -0.2) is 42.6 Å². The molecule has 0 aliphatic rings. The summed E-state index contributed by atoms with van der Waals surface area (Å²) in [6.07, 6.45) is -0.654. The van der Waals surface area contributed by atoms with Crippen LogP contribution < -0.4 is 9.64 Å². The molecule has 0 saturated carbocycles. The third-order valence-corrected chi connectivity index (χ3v) is 4.09. The van der Waals surface area contributed by atoms with Gasteiger partial charge in [0.25, 0.3) is 0 Å². The number of para-hydroxylation sites is 1. The van der Waals surface area contributed by atoms with Crippen molar-refractivity contribution in [1.29, 1.82) is 0 Å². The lowest BCUT2D eigenvalue weighted by atomic mass is 10.1. The second kappa shape index (κ2) is 8.51. The van der Waals surface area contributed by atoms with E-state index in [9.17, 15) is 10.2 Å². The molecule has 0 aromatic heterocycles. The molecule has 3 aromatic carbocycles. The monoisotopic (exact) mass is 337 g/mol. The predicted molar refractivity (Wildman–Crippen MR) is 101 cm³/mol. The summed E-state index contributed by atoms with van der Waals surface area (Å²) < 4.78 is 5.75. The maximum Gasteiger partial charge on any atom is 0.120 e. The SMILES string of the molecule is OCCN(CC(O)COc1ccc2ccccc2c1)c1ccccc1. The number of rotatable bonds is 8. The molecule has 0 fully saturated rings. The number of ether oxygens (including phenoxy) is 1. The van der Waals surface area contributed by atoms with Crippen LogP contribution in [0.25, 0.3) is 10.8 Å². The summed E-state index contributed by atoms with van der Waals surface area (Å²) in [4.78, 5) is 1.95. The Labute approximate surface area is 147 Å². The van der Waals surface area contributed by atoms with Gasteiger partial charge in [-0.3, -0.25) is 0 Å². The van der Waals surface area contributed by atoms with Crippen molar-refractivity contribution in [3.05, 3.63) is 72.8 Å². The lowest BCUT2D eigenvalue weighted by Crippen LogP contribution is -2.37. The minimum Gasteiger partial charge on any atom is -0.491 e. The zero-order chi connectivity index (χ0) is 17.5. The number of benzene rings is 3. The van der Waals surface area contributed by atoms with Gasteiger partial charge in [0.05, 0.1) is 6.61 Å². The Morgan fingerprint density at radius 2 is 1.60 bits per heavy atom. The fourth-order valence-corrected chi connectivity index (χ4v) is 2.84. The number of fused-ring (bicyclic) bond motifs is 1. The Morgan fingerprint density at radius 3 is 2.36 bits per heavy atom. The van der Waals surface area contributed by atoms with Crippen LogP contribution in [0.5, 0.6) is 5.75 Å².